The lowest BCUT2D eigenvalue weighted by Gasteiger charge is -2.40. The Morgan fingerprint density at radius 2 is 1.74 bits per heavy atom. The van der Waals surface area contributed by atoms with Crippen molar-refractivity contribution in [1.29, 1.82) is 0 Å². The van der Waals surface area contributed by atoms with E-state index in [1.807, 2.05) is 23.6 Å². The average molecular weight is 568 g/mol. The van der Waals surface area contributed by atoms with Gasteiger partial charge in [-0.3, -0.25) is 14.3 Å². The van der Waals surface area contributed by atoms with Gasteiger partial charge < -0.3 is 5.32 Å². The zero-order chi connectivity index (χ0) is 27.5. The Hall–Kier alpha value is -3.90. The molecule has 0 aliphatic rings. The van der Waals surface area contributed by atoms with Gasteiger partial charge >= 0.3 is 10.2 Å². The number of hydrogen-bond donors (Lipinski definition) is 1. The minimum atomic E-state index is -10.0. The number of carbonyl (C=O) groups excluding carboxylic acids is 1. The van der Waals surface area contributed by atoms with Crippen LogP contribution in [0.25, 0.3) is 22.6 Å². The van der Waals surface area contributed by atoms with E-state index in [0.717, 1.165) is 17.2 Å². The van der Waals surface area contributed by atoms with E-state index in [4.69, 9.17) is 11.6 Å². The molecule has 0 fully saturated rings. The van der Waals surface area contributed by atoms with Crippen molar-refractivity contribution in [2.24, 2.45) is 0 Å². The van der Waals surface area contributed by atoms with Gasteiger partial charge in [0.2, 0.25) is 0 Å². The summed E-state index contributed by atoms with van der Waals surface area (Å²) in [5, 5.41) is 6.45. The third-order valence-corrected chi connectivity index (χ3v) is 7.25. The van der Waals surface area contributed by atoms with Gasteiger partial charge in [0, 0.05) is 52.7 Å². The van der Waals surface area contributed by atoms with Gasteiger partial charge in [0.1, 0.15) is 10.5 Å². The highest BCUT2D eigenvalue weighted by atomic mass is 35.5. The van der Waals surface area contributed by atoms with E-state index in [1.165, 1.54) is 0 Å². The van der Waals surface area contributed by atoms with Crippen LogP contribution in [0.5, 0.6) is 0 Å². The summed E-state index contributed by atoms with van der Waals surface area (Å²) < 4.78 is 70.3. The smallest absolute Gasteiger partial charge is 0.310 e. The molecule has 0 aliphatic heterocycles. The second-order valence-electron chi connectivity index (χ2n) is 8.79. The molecule has 5 rings (SSSR count). The third-order valence-electron chi connectivity index (χ3n) is 5.91. The van der Waals surface area contributed by atoms with Crippen LogP contribution in [-0.4, -0.2) is 25.1 Å². The van der Waals surface area contributed by atoms with Crippen molar-refractivity contribution in [1.82, 2.24) is 19.2 Å². The summed E-state index contributed by atoms with van der Waals surface area (Å²) in [5.74, 6) is -1.02. The van der Waals surface area contributed by atoms with E-state index in [-0.39, 0.29) is 17.8 Å². The van der Waals surface area contributed by atoms with Crippen molar-refractivity contribution in [3.05, 3.63) is 95.0 Å². The number of fused-ring (bicyclic) bond motifs is 1. The van der Waals surface area contributed by atoms with E-state index in [1.54, 1.807) is 54.4 Å². The molecular formula is C25H19ClF5N5OS. The summed E-state index contributed by atoms with van der Waals surface area (Å²) in [7, 11) is -10.0. The number of benzene rings is 2. The van der Waals surface area contributed by atoms with E-state index >= 15 is 0 Å². The fraction of sp³-hybridized carbons (Fsp3) is 0.0800. The van der Waals surface area contributed by atoms with Crippen LogP contribution in [0, 0.1) is 13.8 Å². The first-order chi connectivity index (χ1) is 17.6. The maximum absolute atomic E-state index is 13.4. The minimum absolute atomic E-state index is 0.106. The number of aryl methyl sites for hydroxylation is 2. The molecule has 0 saturated heterocycles. The lowest BCUT2D eigenvalue weighted by Crippen LogP contribution is -2.15. The van der Waals surface area contributed by atoms with Gasteiger partial charge in [-0.15, -0.1) is 0 Å². The van der Waals surface area contributed by atoms with Crippen molar-refractivity contribution in [2.45, 2.75) is 18.7 Å². The molecular weight excluding hydrogens is 549 g/mol. The number of imidazole rings is 1. The molecule has 198 valence electrons. The fourth-order valence-corrected chi connectivity index (χ4v) is 5.08. The summed E-state index contributed by atoms with van der Waals surface area (Å²) in [6.45, 7) is 3.57. The number of aromatic nitrogens is 4. The molecule has 1 amide bonds. The predicted molar refractivity (Wildman–Crippen MR) is 138 cm³/mol. The maximum atomic E-state index is 13.4. The molecule has 2 aromatic carbocycles. The van der Waals surface area contributed by atoms with Crippen LogP contribution >= 0.6 is 21.8 Å². The SMILES string of the molecule is Cc1cc(C)c(-n2ccn3nc(-c4cccnc4)cc23)cc1NC(=O)c1cc(Cl)cc(S(F)(F)(F)(F)F)c1. The van der Waals surface area contributed by atoms with Crippen LogP contribution in [0.2, 0.25) is 5.02 Å². The second-order valence-corrected chi connectivity index (χ2v) is 11.6. The first-order valence-electron chi connectivity index (χ1n) is 11.0. The fourth-order valence-electron chi connectivity index (χ4n) is 4.09. The van der Waals surface area contributed by atoms with Gasteiger partial charge in [-0.25, -0.2) is 4.52 Å². The van der Waals surface area contributed by atoms with Gasteiger partial charge in [0.15, 0.2) is 0 Å². The van der Waals surface area contributed by atoms with Crippen LogP contribution in [0.4, 0.5) is 25.1 Å². The molecule has 0 bridgehead atoms. The van der Waals surface area contributed by atoms with Crippen LogP contribution < -0.4 is 5.32 Å². The van der Waals surface area contributed by atoms with Gasteiger partial charge in [-0.05, 0) is 61.4 Å². The Labute approximate surface area is 218 Å². The summed E-state index contributed by atoms with van der Waals surface area (Å²) in [6, 6.07) is 10.1. The number of rotatable bonds is 5. The summed E-state index contributed by atoms with van der Waals surface area (Å²) >= 11 is 5.66. The number of carbonyl (C=O) groups is 1. The molecule has 38 heavy (non-hydrogen) atoms. The highest BCUT2D eigenvalue weighted by Crippen LogP contribution is 3.02. The maximum Gasteiger partial charge on any atom is 0.310 e. The molecule has 0 aliphatic carbocycles. The van der Waals surface area contributed by atoms with Gasteiger partial charge in [0.25, 0.3) is 5.91 Å². The lowest BCUT2D eigenvalue weighted by molar-refractivity contribution is 0.102. The number of amides is 1. The molecule has 5 aromatic rings. The zero-order valence-electron chi connectivity index (χ0n) is 19.8. The van der Waals surface area contributed by atoms with E-state index in [2.05, 4.69) is 15.4 Å². The van der Waals surface area contributed by atoms with Crippen LogP contribution in [0.15, 0.2) is 78.2 Å². The molecule has 0 atom stereocenters. The van der Waals surface area contributed by atoms with Gasteiger partial charge in [0.05, 0.1) is 11.4 Å². The van der Waals surface area contributed by atoms with E-state index in [0.29, 0.717) is 22.6 Å². The van der Waals surface area contributed by atoms with Crippen LogP contribution in [-0.2, 0) is 0 Å². The minimum Gasteiger partial charge on any atom is -0.322 e. The van der Waals surface area contributed by atoms with Crippen molar-refractivity contribution in [3.8, 4) is 16.9 Å². The molecule has 13 heteroatoms. The Bertz CT molecular complexity index is 1730. The van der Waals surface area contributed by atoms with E-state index < -0.39 is 31.6 Å². The number of halogens is 6. The summed E-state index contributed by atoms with van der Waals surface area (Å²) in [5.41, 5.74) is 3.98. The van der Waals surface area contributed by atoms with Crippen LogP contribution in [0.3, 0.4) is 0 Å². The molecule has 1 N–H and O–H groups in total. The molecule has 3 heterocycles. The topological polar surface area (TPSA) is 64.2 Å². The van der Waals surface area contributed by atoms with Crippen molar-refractivity contribution in [3.63, 3.8) is 0 Å². The normalized spacial score (nSPS) is 13.8. The van der Waals surface area contributed by atoms with Crippen molar-refractivity contribution in [2.75, 3.05) is 5.32 Å². The molecule has 3 aromatic heterocycles. The molecule has 6 nitrogen and oxygen atoms in total. The zero-order valence-corrected chi connectivity index (χ0v) is 21.4. The number of nitrogens with one attached hydrogen (secondary N) is 1. The highest BCUT2D eigenvalue weighted by Gasteiger charge is 2.65. The Morgan fingerprint density at radius 3 is 2.42 bits per heavy atom. The number of nitrogens with zero attached hydrogens (tertiary/aromatic N) is 4. The Kier molecular flexibility index (Phi) is 5.45. The Balaban J connectivity index is 1.52. The average Bonchev–Trinajstić information content (AvgIpc) is 3.41. The monoisotopic (exact) mass is 567 g/mol. The standard InChI is InChI=1S/C25H19ClF5N5OS/c1-15-8-16(2)23(35-6-7-36-24(35)13-22(34-36)17-4-3-5-32-14-17)12-21(15)33-25(37)18-9-19(26)11-20(10-18)38(27,28,29,30)31/h3-14H,1-2H3,(H,33,37). The number of pyridine rings is 1. The van der Waals surface area contributed by atoms with Crippen molar-refractivity contribution >= 4 is 39.1 Å². The number of anilines is 1. The molecule has 0 saturated carbocycles. The largest absolute Gasteiger partial charge is 0.322 e. The molecule has 0 spiro atoms. The molecule has 0 radical (unpaired) electrons. The highest BCUT2D eigenvalue weighted by molar-refractivity contribution is 8.45. The number of hydrogen-bond acceptors (Lipinski definition) is 3. The first kappa shape index (κ1) is 25.7. The summed E-state index contributed by atoms with van der Waals surface area (Å²) in [6.07, 6.45) is 6.87. The van der Waals surface area contributed by atoms with E-state index in [9.17, 15) is 24.2 Å². The summed E-state index contributed by atoms with van der Waals surface area (Å²) in [4.78, 5) is 14.7. The first-order valence-corrected chi connectivity index (χ1v) is 13.4. The third kappa shape index (κ3) is 4.96. The predicted octanol–water partition coefficient (Wildman–Crippen LogP) is 8.37. The van der Waals surface area contributed by atoms with Gasteiger partial charge in [-0.2, -0.15) is 5.10 Å². The quantitative estimate of drug-likeness (QED) is 0.217. The van der Waals surface area contributed by atoms with Crippen molar-refractivity contribution < 1.29 is 24.2 Å². The molecule has 0 unspecified atom stereocenters. The lowest BCUT2D eigenvalue weighted by atomic mass is 10.1. The van der Waals surface area contributed by atoms with Gasteiger partial charge in [-0.1, -0.05) is 37.1 Å². The Morgan fingerprint density at radius 1 is 0.974 bits per heavy atom. The van der Waals surface area contributed by atoms with Crippen LogP contribution in [0.1, 0.15) is 21.5 Å². The second kappa shape index (κ2) is 8.05.